The molecule has 1 rings (SSSR count). The van der Waals surface area contributed by atoms with Crippen LogP contribution in [0, 0.1) is 17.0 Å². The maximum atomic E-state index is 11.1. The lowest BCUT2D eigenvalue weighted by molar-refractivity contribution is -0.385. The van der Waals surface area contributed by atoms with Crippen molar-refractivity contribution in [3.8, 4) is 0 Å². The average Bonchev–Trinajstić information content (AvgIpc) is 2.39. The molecule has 0 unspecified atom stereocenters. The zero-order valence-electron chi connectivity index (χ0n) is 11.5. The number of hydrogen-bond donors (Lipinski definition) is 2. The molecule has 0 aliphatic rings. The second-order valence-electron chi connectivity index (χ2n) is 4.26. The molecule has 0 bridgehead atoms. The number of carboxylic acids is 1. The highest BCUT2D eigenvalue weighted by Crippen LogP contribution is 2.21. The molecule has 0 amide bonds. The Balaban J connectivity index is 2.82. The Morgan fingerprint density at radius 2 is 2.25 bits per heavy atom. The lowest BCUT2D eigenvalue weighted by Gasteiger charge is -2.15. The van der Waals surface area contributed by atoms with E-state index in [0.29, 0.717) is 12.2 Å². The van der Waals surface area contributed by atoms with Crippen molar-refractivity contribution in [1.82, 2.24) is 5.32 Å². The summed E-state index contributed by atoms with van der Waals surface area (Å²) in [5.74, 6) is -1.05. The molecular formula is C13H18N2O5. The van der Waals surface area contributed by atoms with Crippen molar-refractivity contribution in [3.63, 3.8) is 0 Å². The number of nitrogens with one attached hydrogen (secondary N) is 1. The number of rotatable bonds is 8. The van der Waals surface area contributed by atoms with Crippen molar-refractivity contribution in [2.24, 2.45) is 0 Å². The second-order valence-corrected chi connectivity index (χ2v) is 4.26. The topological polar surface area (TPSA) is 102 Å². The fraction of sp³-hybridized carbons (Fsp3) is 0.462. The molecule has 0 saturated carbocycles. The van der Waals surface area contributed by atoms with Gasteiger partial charge in [0.1, 0.15) is 6.04 Å². The third kappa shape index (κ3) is 4.29. The summed E-state index contributed by atoms with van der Waals surface area (Å²) in [4.78, 5) is 21.5. The van der Waals surface area contributed by atoms with Crippen LogP contribution in [0.3, 0.4) is 0 Å². The molecule has 20 heavy (non-hydrogen) atoms. The summed E-state index contributed by atoms with van der Waals surface area (Å²) in [6, 6.07) is 3.87. The highest BCUT2D eigenvalue weighted by molar-refractivity contribution is 5.73. The van der Waals surface area contributed by atoms with Gasteiger partial charge in [0.25, 0.3) is 5.69 Å². The Kier molecular flexibility index (Phi) is 6.08. The minimum atomic E-state index is -1.05. The van der Waals surface area contributed by atoms with E-state index in [-0.39, 0.29) is 18.8 Å². The van der Waals surface area contributed by atoms with E-state index < -0.39 is 16.9 Å². The van der Waals surface area contributed by atoms with E-state index in [4.69, 9.17) is 9.84 Å². The van der Waals surface area contributed by atoms with E-state index >= 15 is 0 Å². The van der Waals surface area contributed by atoms with Crippen LogP contribution in [0.5, 0.6) is 0 Å². The lowest BCUT2D eigenvalue weighted by atomic mass is 10.1. The van der Waals surface area contributed by atoms with E-state index in [2.05, 4.69) is 5.32 Å². The largest absolute Gasteiger partial charge is 0.480 e. The Morgan fingerprint density at radius 1 is 1.55 bits per heavy atom. The van der Waals surface area contributed by atoms with E-state index in [1.54, 1.807) is 26.0 Å². The molecule has 1 aromatic rings. The van der Waals surface area contributed by atoms with Gasteiger partial charge in [0.2, 0.25) is 0 Å². The Hall–Kier alpha value is -1.99. The van der Waals surface area contributed by atoms with Crippen LogP contribution in [0.4, 0.5) is 5.69 Å². The van der Waals surface area contributed by atoms with Gasteiger partial charge in [0, 0.05) is 24.8 Å². The van der Waals surface area contributed by atoms with Crippen LogP contribution in [0.1, 0.15) is 18.1 Å². The van der Waals surface area contributed by atoms with Crippen molar-refractivity contribution in [1.29, 1.82) is 0 Å². The fourth-order valence-electron chi connectivity index (χ4n) is 1.77. The number of aliphatic carboxylic acids is 1. The van der Waals surface area contributed by atoms with Crippen molar-refractivity contribution in [3.05, 3.63) is 39.4 Å². The standard InChI is InChI=1S/C13H18N2O5/c1-3-20-8-11(13(16)17)14-7-10-9(2)5-4-6-12(10)15(18)19/h4-6,11,14H,3,7-8H2,1-2H3,(H,16,17)/t11-/m0/s1. The van der Waals surface area contributed by atoms with Gasteiger partial charge in [0.05, 0.1) is 11.5 Å². The number of nitro benzene ring substituents is 1. The molecule has 2 N–H and O–H groups in total. The molecule has 0 spiro atoms. The summed E-state index contributed by atoms with van der Waals surface area (Å²) < 4.78 is 5.08. The maximum absolute atomic E-state index is 11.1. The summed E-state index contributed by atoms with van der Waals surface area (Å²) in [6.07, 6.45) is 0. The summed E-state index contributed by atoms with van der Waals surface area (Å²) in [7, 11) is 0. The molecule has 7 heteroatoms. The number of nitrogens with zero attached hydrogens (tertiary/aromatic N) is 1. The van der Waals surface area contributed by atoms with E-state index in [9.17, 15) is 14.9 Å². The van der Waals surface area contributed by atoms with Crippen LogP contribution in [-0.2, 0) is 16.1 Å². The number of ether oxygens (including phenoxy) is 1. The Morgan fingerprint density at radius 3 is 2.80 bits per heavy atom. The van der Waals surface area contributed by atoms with Crippen LogP contribution in [0.25, 0.3) is 0 Å². The van der Waals surface area contributed by atoms with Crippen LogP contribution in [-0.4, -0.2) is 35.3 Å². The third-order valence-corrected chi connectivity index (χ3v) is 2.89. The first-order chi connectivity index (χ1) is 9.47. The normalized spacial score (nSPS) is 12.1. The zero-order chi connectivity index (χ0) is 15.1. The van der Waals surface area contributed by atoms with Gasteiger partial charge in [-0.25, -0.2) is 0 Å². The summed E-state index contributed by atoms with van der Waals surface area (Å²) >= 11 is 0. The molecule has 0 fully saturated rings. The molecule has 7 nitrogen and oxygen atoms in total. The molecule has 0 heterocycles. The quantitative estimate of drug-likeness (QED) is 0.553. The Bertz CT molecular complexity index is 490. The van der Waals surface area contributed by atoms with Gasteiger partial charge in [-0.15, -0.1) is 0 Å². The highest BCUT2D eigenvalue weighted by Gasteiger charge is 2.20. The second kappa shape index (κ2) is 7.56. The highest BCUT2D eigenvalue weighted by atomic mass is 16.6. The molecule has 1 aromatic carbocycles. The molecular weight excluding hydrogens is 264 g/mol. The molecule has 0 aliphatic heterocycles. The molecule has 0 saturated heterocycles. The number of nitro groups is 1. The lowest BCUT2D eigenvalue weighted by Crippen LogP contribution is -2.40. The van der Waals surface area contributed by atoms with Gasteiger partial charge < -0.3 is 9.84 Å². The van der Waals surface area contributed by atoms with Gasteiger partial charge in [-0.2, -0.15) is 0 Å². The first kappa shape index (κ1) is 16.1. The SMILES string of the molecule is CCOC[C@H](NCc1c(C)cccc1[N+](=O)[O-])C(=O)O. The van der Waals surface area contributed by atoms with Crippen molar-refractivity contribution < 1.29 is 19.6 Å². The van der Waals surface area contributed by atoms with Gasteiger partial charge in [-0.1, -0.05) is 12.1 Å². The van der Waals surface area contributed by atoms with E-state index in [1.807, 2.05) is 0 Å². The van der Waals surface area contributed by atoms with Gasteiger partial charge in [-0.3, -0.25) is 20.2 Å². The zero-order valence-corrected chi connectivity index (χ0v) is 11.5. The van der Waals surface area contributed by atoms with E-state index in [0.717, 1.165) is 5.56 Å². The summed E-state index contributed by atoms with van der Waals surface area (Å²) in [5.41, 5.74) is 1.21. The molecule has 0 aliphatic carbocycles. The van der Waals surface area contributed by atoms with Gasteiger partial charge in [-0.05, 0) is 19.4 Å². The average molecular weight is 282 g/mol. The fourth-order valence-corrected chi connectivity index (χ4v) is 1.77. The molecule has 0 radical (unpaired) electrons. The molecule has 1 atom stereocenters. The summed E-state index contributed by atoms with van der Waals surface area (Å²) in [6.45, 7) is 4.06. The Labute approximate surface area is 116 Å². The molecule has 0 aromatic heterocycles. The van der Waals surface area contributed by atoms with E-state index in [1.165, 1.54) is 6.07 Å². The van der Waals surface area contributed by atoms with Crippen molar-refractivity contribution in [2.75, 3.05) is 13.2 Å². The van der Waals surface area contributed by atoms with Crippen molar-refractivity contribution in [2.45, 2.75) is 26.4 Å². The van der Waals surface area contributed by atoms with Crippen LogP contribution < -0.4 is 5.32 Å². The summed E-state index contributed by atoms with van der Waals surface area (Å²) in [5, 5.41) is 22.8. The van der Waals surface area contributed by atoms with Gasteiger partial charge >= 0.3 is 5.97 Å². The number of carboxylic acid groups (broad SMARTS) is 1. The van der Waals surface area contributed by atoms with Crippen LogP contribution in [0.15, 0.2) is 18.2 Å². The molecule has 110 valence electrons. The minimum absolute atomic E-state index is 0.0157. The minimum Gasteiger partial charge on any atom is -0.480 e. The monoisotopic (exact) mass is 282 g/mol. The van der Waals surface area contributed by atoms with Gasteiger partial charge in [0.15, 0.2) is 0 Å². The number of aryl methyl sites for hydroxylation is 1. The smallest absolute Gasteiger partial charge is 0.323 e. The first-order valence-electron chi connectivity index (χ1n) is 6.24. The predicted octanol–water partition coefficient (Wildman–Crippen LogP) is 1.48. The number of carbonyl (C=O) groups is 1. The third-order valence-electron chi connectivity index (χ3n) is 2.89. The maximum Gasteiger partial charge on any atom is 0.323 e. The first-order valence-corrected chi connectivity index (χ1v) is 6.24. The van der Waals surface area contributed by atoms with Crippen LogP contribution in [0.2, 0.25) is 0 Å². The van der Waals surface area contributed by atoms with Crippen LogP contribution >= 0.6 is 0 Å². The number of hydrogen-bond acceptors (Lipinski definition) is 5. The predicted molar refractivity (Wildman–Crippen MR) is 72.6 cm³/mol. The van der Waals surface area contributed by atoms with Crippen molar-refractivity contribution >= 4 is 11.7 Å². The number of benzene rings is 1.